The zero-order valence-corrected chi connectivity index (χ0v) is 12.6. The molecule has 3 rings (SSSR count). The topological polar surface area (TPSA) is 78.0 Å². The highest BCUT2D eigenvalue weighted by Gasteiger charge is 2.28. The van der Waals surface area contributed by atoms with Gasteiger partial charge in [0.15, 0.2) is 9.84 Å². The second kappa shape index (κ2) is 5.52. The Morgan fingerprint density at radius 1 is 1.29 bits per heavy atom. The molecule has 1 unspecified atom stereocenters. The van der Waals surface area contributed by atoms with Crippen molar-refractivity contribution >= 4 is 15.5 Å². The normalized spacial score (nSPS) is 20.7. The van der Waals surface area contributed by atoms with E-state index in [0.717, 1.165) is 36.5 Å². The minimum atomic E-state index is -2.83. The lowest BCUT2D eigenvalue weighted by Crippen LogP contribution is -2.12. The number of sulfone groups is 1. The van der Waals surface area contributed by atoms with Crippen LogP contribution >= 0.6 is 0 Å². The highest BCUT2D eigenvalue weighted by atomic mass is 32.2. The van der Waals surface area contributed by atoms with Gasteiger partial charge >= 0.3 is 0 Å². The summed E-state index contributed by atoms with van der Waals surface area (Å²) in [5.41, 5.74) is 7.59. The molecule has 1 aliphatic rings. The number of anilines is 1. The van der Waals surface area contributed by atoms with E-state index in [0.29, 0.717) is 11.5 Å². The third-order valence-corrected chi connectivity index (χ3v) is 5.77. The second-order valence-corrected chi connectivity index (χ2v) is 7.91. The maximum Gasteiger partial charge on any atom is 0.150 e. The SMILES string of the molecule is Nc1ccc(Cn2ccnc2CC2CCS(=O)(=O)C2)cc1. The molecular formula is C15H19N3O2S. The third kappa shape index (κ3) is 3.44. The molecule has 2 N–H and O–H groups in total. The predicted molar refractivity (Wildman–Crippen MR) is 82.6 cm³/mol. The third-order valence-electron chi connectivity index (χ3n) is 3.93. The van der Waals surface area contributed by atoms with E-state index in [9.17, 15) is 8.42 Å². The highest BCUT2D eigenvalue weighted by molar-refractivity contribution is 7.91. The molecule has 1 aromatic heterocycles. The summed E-state index contributed by atoms with van der Waals surface area (Å²) in [7, 11) is -2.83. The van der Waals surface area contributed by atoms with Gasteiger partial charge in [-0.15, -0.1) is 0 Å². The molecule has 1 aliphatic heterocycles. The molecule has 2 heterocycles. The Hall–Kier alpha value is -1.82. The maximum atomic E-state index is 11.5. The lowest BCUT2D eigenvalue weighted by atomic mass is 10.0. The van der Waals surface area contributed by atoms with Crippen molar-refractivity contribution in [1.82, 2.24) is 9.55 Å². The molecule has 1 fully saturated rings. The van der Waals surface area contributed by atoms with Crippen LogP contribution in [0.5, 0.6) is 0 Å². The van der Waals surface area contributed by atoms with Crippen molar-refractivity contribution in [2.45, 2.75) is 19.4 Å². The Morgan fingerprint density at radius 3 is 2.71 bits per heavy atom. The Labute approximate surface area is 124 Å². The minimum absolute atomic E-state index is 0.197. The summed E-state index contributed by atoms with van der Waals surface area (Å²) < 4.78 is 25.2. The van der Waals surface area contributed by atoms with Crippen LogP contribution < -0.4 is 5.73 Å². The molecule has 0 aliphatic carbocycles. The highest BCUT2D eigenvalue weighted by Crippen LogP contribution is 2.22. The first kappa shape index (κ1) is 14.1. The second-order valence-electron chi connectivity index (χ2n) is 5.69. The van der Waals surface area contributed by atoms with Crippen molar-refractivity contribution in [3.05, 3.63) is 48.0 Å². The van der Waals surface area contributed by atoms with E-state index >= 15 is 0 Å². The minimum Gasteiger partial charge on any atom is -0.399 e. The van der Waals surface area contributed by atoms with Gasteiger partial charge < -0.3 is 10.3 Å². The fourth-order valence-corrected chi connectivity index (χ4v) is 4.65. The van der Waals surface area contributed by atoms with Gasteiger partial charge in [0.25, 0.3) is 0 Å². The van der Waals surface area contributed by atoms with Gasteiger partial charge in [-0.1, -0.05) is 12.1 Å². The monoisotopic (exact) mass is 305 g/mol. The van der Waals surface area contributed by atoms with Gasteiger partial charge in [0.2, 0.25) is 0 Å². The molecule has 112 valence electrons. The summed E-state index contributed by atoms with van der Waals surface area (Å²) in [4.78, 5) is 4.38. The number of aromatic nitrogens is 2. The standard InChI is InChI=1S/C15H19N3O2S/c16-14-3-1-12(2-4-14)10-18-7-6-17-15(18)9-13-5-8-21(19,20)11-13/h1-4,6-7,13H,5,8-11,16H2. The molecular weight excluding hydrogens is 286 g/mol. The number of benzene rings is 1. The largest absolute Gasteiger partial charge is 0.399 e. The van der Waals surface area contributed by atoms with Gasteiger partial charge in [-0.05, 0) is 30.0 Å². The van der Waals surface area contributed by atoms with E-state index in [1.54, 1.807) is 6.20 Å². The van der Waals surface area contributed by atoms with Crippen LogP contribution in [0, 0.1) is 5.92 Å². The number of nitrogens with two attached hydrogens (primary N) is 1. The van der Waals surface area contributed by atoms with E-state index < -0.39 is 9.84 Å². The summed E-state index contributed by atoms with van der Waals surface area (Å²) in [5, 5.41) is 0. The molecule has 0 saturated carbocycles. The molecule has 0 bridgehead atoms. The molecule has 1 aromatic carbocycles. The molecule has 1 saturated heterocycles. The van der Waals surface area contributed by atoms with Gasteiger partial charge in [-0.3, -0.25) is 0 Å². The van der Waals surface area contributed by atoms with Crippen LogP contribution in [0.15, 0.2) is 36.7 Å². The molecule has 6 heteroatoms. The number of nitrogen functional groups attached to an aromatic ring is 1. The van der Waals surface area contributed by atoms with Crippen LogP contribution in [0.4, 0.5) is 5.69 Å². The van der Waals surface area contributed by atoms with Gasteiger partial charge in [-0.25, -0.2) is 13.4 Å². The van der Waals surface area contributed by atoms with Crippen LogP contribution in [-0.2, 0) is 22.8 Å². The van der Waals surface area contributed by atoms with Crippen LogP contribution in [0.3, 0.4) is 0 Å². The summed E-state index contributed by atoms with van der Waals surface area (Å²) >= 11 is 0. The molecule has 5 nitrogen and oxygen atoms in total. The Balaban J connectivity index is 1.71. The van der Waals surface area contributed by atoms with E-state index in [4.69, 9.17) is 5.73 Å². The average molecular weight is 305 g/mol. The molecule has 0 amide bonds. The van der Waals surface area contributed by atoms with Gasteiger partial charge in [-0.2, -0.15) is 0 Å². The molecule has 2 aromatic rings. The fourth-order valence-electron chi connectivity index (χ4n) is 2.78. The van der Waals surface area contributed by atoms with E-state index in [-0.39, 0.29) is 5.92 Å². The van der Waals surface area contributed by atoms with E-state index in [2.05, 4.69) is 9.55 Å². The van der Waals surface area contributed by atoms with Gasteiger partial charge in [0.1, 0.15) is 5.82 Å². The van der Waals surface area contributed by atoms with Crippen molar-refractivity contribution in [2.75, 3.05) is 17.2 Å². The smallest absolute Gasteiger partial charge is 0.150 e. The zero-order chi connectivity index (χ0) is 14.9. The van der Waals surface area contributed by atoms with Crippen LogP contribution in [0.25, 0.3) is 0 Å². The first-order valence-corrected chi connectivity index (χ1v) is 8.89. The summed E-state index contributed by atoms with van der Waals surface area (Å²) in [5.74, 6) is 1.76. The maximum absolute atomic E-state index is 11.5. The Bertz CT molecular complexity index is 720. The van der Waals surface area contributed by atoms with Crippen molar-refractivity contribution in [2.24, 2.45) is 5.92 Å². The van der Waals surface area contributed by atoms with Crippen molar-refractivity contribution in [3.8, 4) is 0 Å². The van der Waals surface area contributed by atoms with Crippen LogP contribution in [0.2, 0.25) is 0 Å². The van der Waals surface area contributed by atoms with E-state index in [1.807, 2.05) is 30.5 Å². The number of imidazole rings is 1. The first-order chi connectivity index (χ1) is 10.0. The Morgan fingerprint density at radius 2 is 2.05 bits per heavy atom. The van der Waals surface area contributed by atoms with Crippen molar-refractivity contribution < 1.29 is 8.42 Å². The first-order valence-electron chi connectivity index (χ1n) is 7.07. The van der Waals surface area contributed by atoms with Gasteiger partial charge in [0, 0.05) is 31.0 Å². The van der Waals surface area contributed by atoms with E-state index in [1.165, 1.54) is 0 Å². The van der Waals surface area contributed by atoms with Crippen LogP contribution in [0.1, 0.15) is 17.8 Å². The molecule has 0 radical (unpaired) electrons. The summed E-state index contributed by atoms with van der Waals surface area (Å²) in [6.07, 6.45) is 5.18. The zero-order valence-electron chi connectivity index (χ0n) is 11.8. The summed E-state index contributed by atoms with van der Waals surface area (Å²) in [6.45, 7) is 0.731. The summed E-state index contributed by atoms with van der Waals surface area (Å²) in [6, 6.07) is 7.77. The number of nitrogens with zero attached hydrogens (tertiary/aromatic N) is 2. The van der Waals surface area contributed by atoms with Gasteiger partial charge in [0.05, 0.1) is 11.5 Å². The lowest BCUT2D eigenvalue weighted by molar-refractivity contribution is 0.551. The van der Waals surface area contributed by atoms with Crippen LogP contribution in [-0.4, -0.2) is 29.5 Å². The quantitative estimate of drug-likeness (QED) is 0.868. The number of hydrogen-bond donors (Lipinski definition) is 1. The number of rotatable bonds is 4. The fraction of sp³-hybridized carbons (Fsp3) is 0.400. The van der Waals surface area contributed by atoms with Crippen molar-refractivity contribution in [1.29, 1.82) is 0 Å². The molecule has 1 atom stereocenters. The average Bonchev–Trinajstić information content (AvgIpc) is 3.00. The number of hydrogen-bond acceptors (Lipinski definition) is 4. The lowest BCUT2D eigenvalue weighted by Gasteiger charge is -2.11. The molecule has 0 spiro atoms. The van der Waals surface area contributed by atoms with Crippen molar-refractivity contribution in [3.63, 3.8) is 0 Å². The molecule has 21 heavy (non-hydrogen) atoms. The predicted octanol–water partition coefficient (Wildman–Crippen LogP) is 1.49. The Kier molecular flexibility index (Phi) is 3.71.